The summed E-state index contributed by atoms with van der Waals surface area (Å²) in [5, 5.41) is 9.06. The molecule has 1 N–H and O–H groups in total. The summed E-state index contributed by atoms with van der Waals surface area (Å²) in [5.74, 6) is 0. The maximum atomic E-state index is 12.1. The van der Waals surface area contributed by atoms with E-state index in [0.29, 0.717) is 11.1 Å². The molecule has 0 saturated heterocycles. The minimum atomic E-state index is -3.77. The van der Waals surface area contributed by atoms with Gasteiger partial charge in [0.25, 0.3) is 10.0 Å². The van der Waals surface area contributed by atoms with E-state index in [-0.39, 0.29) is 14.4 Å². The van der Waals surface area contributed by atoms with E-state index in [2.05, 4.69) is 9.71 Å². The third kappa shape index (κ3) is 2.87. The van der Waals surface area contributed by atoms with Crippen LogP contribution in [-0.2, 0) is 10.0 Å². The summed E-state index contributed by atoms with van der Waals surface area (Å²) in [6.07, 6.45) is 1.18. The van der Waals surface area contributed by atoms with Crippen molar-refractivity contribution in [2.75, 3.05) is 4.72 Å². The fraction of sp³-hybridized carbons (Fsp3) is 0.0909. The van der Waals surface area contributed by atoms with Gasteiger partial charge in [-0.2, -0.15) is 5.26 Å². The van der Waals surface area contributed by atoms with E-state index in [1.807, 2.05) is 6.07 Å². The second-order valence-electron chi connectivity index (χ2n) is 3.65. The van der Waals surface area contributed by atoms with Gasteiger partial charge in [0, 0.05) is 0 Å². The molecule has 0 saturated carbocycles. The van der Waals surface area contributed by atoms with E-state index in [1.165, 1.54) is 12.3 Å². The van der Waals surface area contributed by atoms with E-state index in [9.17, 15) is 8.42 Å². The SMILES string of the molecule is Cc1cccc(NS(=O)(=O)c2cnc(Cl)s2)c1C#N. The van der Waals surface area contributed by atoms with Crippen molar-refractivity contribution >= 4 is 38.6 Å². The van der Waals surface area contributed by atoms with Crippen LogP contribution in [0.1, 0.15) is 11.1 Å². The predicted octanol–water partition coefficient (Wildman–Crippen LogP) is 2.78. The van der Waals surface area contributed by atoms with Gasteiger partial charge >= 0.3 is 0 Å². The monoisotopic (exact) mass is 313 g/mol. The molecule has 0 atom stereocenters. The lowest BCUT2D eigenvalue weighted by atomic mass is 10.1. The van der Waals surface area contributed by atoms with Gasteiger partial charge in [0.1, 0.15) is 6.07 Å². The number of sulfonamides is 1. The zero-order valence-electron chi connectivity index (χ0n) is 9.71. The number of aromatic nitrogens is 1. The highest BCUT2D eigenvalue weighted by molar-refractivity contribution is 7.94. The molecule has 0 fully saturated rings. The second-order valence-corrected chi connectivity index (χ2v) is 7.17. The number of hydrogen-bond donors (Lipinski definition) is 1. The van der Waals surface area contributed by atoms with Gasteiger partial charge in [-0.1, -0.05) is 35.1 Å². The van der Waals surface area contributed by atoms with Crippen LogP contribution in [0.25, 0.3) is 0 Å². The molecule has 1 aromatic carbocycles. The van der Waals surface area contributed by atoms with Gasteiger partial charge in [-0.05, 0) is 18.6 Å². The summed E-state index contributed by atoms with van der Waals surface area (Å²) < 4.78 is 26.7. The number of halogens is 1. The van der Waals surface area contributed by atoms with Crippen LogP contribution >= 0.6 is 22.9 Å². The van der Waals surface area contributed by atoms with Crippen LogP contribution in [0, 0.1) is 18.3 Å². The van der Waals surface area contributed by atoms with Crippen LogP contribution in [0.4, 0.5) is 5.69 Å². The third-order valence-corrected chi connectivity index (χ3v) is 5.29. The van der Waals surface area contributed by atoms with E-state index in [0.717, 1.165) is 11.3 Å². The minimum absolute atomic E-state index is 0.00268. The highest BCUT2D eigenvalue weighted by atomic mass is 35.5. The lowest BCUT2D eigenvalue weighted by molar-refractivity contribution is 0.603. The third-order valence-electron chi connectivity index (χ3n) is 2.35. The molecule has 0 bridgehead atoms. The molecule has 5 nitrogen and oxygen atoms in total. The summed E-state index contributed by atoms with van der Waals surface area (Å²) in [6, 6.07) is 6.92. The molecule has 0 radical (unpaired) electrons. The Morgan fingerprint density at radius 2 is 2.21 bits per heavy atom. The first kappa shape index (κ1) is 13.8. The number of anilines is 1. The number of nitriles is 1. The number of rotatable bonds is 3. The molecule has 0 amide bonds. The zero-order valence-corrected chi connectivity index (χ0v) is 12.1. The largest absolute Gasteiger partial charge is 0.278 e. The van der Waals surface area contributed by atoms with Crippen LogP contribution in [0.5, 0.6) is 0 Å². The van der Waals surface area contributed by atoms with Gasteiger partial charge in [-0.25, -0.2) is 13.4 Å². The molecule has 1 heterocycles. The summed E-state index contributed by atoms with van der Waals surface area (Å²) in [6.45, 7) is 1.74. The van der Waals surface area contributed by atoms with Crippen LogP contribution in [0.15, 0.2) is 28.6 Å². The summed E-state index contributed by atoms with van der Waals surface area (Å²) in [5.41, 5.74) is 1.23. The molecule has 0 spiro atoms. The van der Waals surface area contributed by atoms with Crippen LogP contribution in [0.2, 0.25) is 4.47 Å². The van der Waals surface area contributed by atoms with Crippen molar-refractivity contribution in [2.45, 2.75) is 11.1 Å². The van der Waals surface area contributed by atoms with Crippen molar-refractivity contribution in [1.29, 1.82) is 5.26 Å². The average molecular weight is 314 g/mol. The Kier molecular flexibility index (Phi) is 3.75. The normalized spacial score (nSPS) is 11.0. The van der Waals surface area contributed by atoms with E-state index >= 15 is 0 Å². The molecular formula is C11H8ClN3O2S2. The molecule has 0 unspecified atom stereocenters. The van der Waals surface area contributed by atoms with E-state index in [4.69, 9.17) is 16.9 Å². The molecule has 0 aliphatic carbocycles. The number of nitrogens with one attached hydrogen (secondary N) is 1. The van der Waals surface area contributed by atoms with Crippen molar-refractivity contribution < 1.29 is 8.42 Å². The molecule has 98 valence electrons. The van der Waals surface area contributed by atoms with Gasteiger partial charge in [0.05, 0.1) is 17.4 Å². The molecule has 1 aromatic heterocycles. The molecular weight excluding hydrogens is 306 g/mol. The topological polar surface area (TPSA) is 82.8 Å². The number of thiazole rings is 1. The maximum absolute atomic E-state index is 12.1. The Labute approximate surface area is 119 Å². The first-order valence-electron chi connectivity index (χ1n) is 5.08. The Bertz CT molecular complexity index is 762. The Hall–Kier alpha value is -1.62. The fourth-order valence-electron chi connectivity index (χ4n) is 1.46. The summed E-state index contributed by atoms with van der Waals surface area (Å²) in [4.78, 5) is 3.68. The van der Waals surface area contributed by atoms with Crippen molar-refractivity contribution in [1.82, 2.24) is 4.98 Å². The highest BCUT2D eigenvalue weighted by Crippen LogP contribution is 2.26. The minimum Gasteiger partial charge on any atom is -0.278 e. The molecule has 0 aliphatic heterocycles. The van der Waals surface area contributed by atoms with Gasteiger partial charge in [0.2, 0.25) is 0 Å². The van der Waals surface area contributed by atoms with Gasteiger partial charge in [-0.15, -0.1) is 0 Å². The first-order chi connectivity index (χ1) is 8.94. The van der Waals surface area contributed by atoms with Crippen molar-refractivity contribution in [3.63, 3.8) is 0 Å². The van der Waals surface area contributed by atoms with Crippen LogP contribution in [-0.4, -0.2) is 13.4 Å². The standard InChI is InChI=1S/C11H8ClN3O2S2/c1-7-3-2-4-9(8(7)5-13)15-19(16,17)10-6-14-11(12)18-10/h2-4,6,15H,1H3. The summed E-state index contributed by atoms with van der Waals surface area (Å²) >= 11 is 6.47. The lowest BCUT2D eigenvalue weighted by Crippen LogP contribution is -2.12. The van der Waals surface area contributed by atoms with Gasteiger partial charge in [-0.3, -0.25) is 4.72 Å². The number of aryl methyl sites for hydroxylation is 1. The predicted molar refractivity (Wildman–Crippen MR) is 73.8 cm³/mol. The highest BCUT2D eigenvalue weighted by Gasteiger charge is 2.19. The van der Waals surface area contributed by atoms with Crippen molar-refractivity contribution in [3.05, 3.63) is 40.0 Å². The van der Waals surface area contributed by atoms with Gasteiger partial charge < -0.3 is 0 Å². The Balaban J connectivity index is 2.42. The zero-order chi connectivity index (χ0) is 14.0. The average Bonchev–Trinajstić information content (AvgIpc) is 2.76. The maximum Gasteiger partial charge on any atom is 0.273 e. The van der Waals surface area contributed by atoms with E-state index in [1.54, 1.807) is 19.1 Å². The smallest absolute Gasteiger partial charge is 0.273 e. The fourth-order valence-corrected chi connectivity index (χ4v) is 3.82. The molecule has 0 aliphatic rings. The van der Waals surface area contributed by atoms with Crippen LogP contribution < -0.4 is 4.72 Å². The van der Waals surface area contributed by atoms with Crippen LogP contribution in [0.3, 0.4) is 0 Å². The quantitative estimate of drug-likeness (QED) is 0.944. The second kappa shape index (κ2) is 5.17. The van der Waals surface area contributed by atoms with E-state index < -0.39 is 10.0 Å². The molecule has 2 aromatic rings. The Morgan fingerprint density at radius 3 is 2.79 bits per heavy atom. The number of hydrogen-bond acceptors (Lipinski definition) is 5. The number of benzene rings is 1. The summed E-state index contributed by atoms with van der Waals surface area (Å²) in [7, 11) is -3.77. The lowest BCUT2D eigenvalue weighted by Gasteiger charge is -2.08. The van der Waals surface area contributed by atoms with Crippen molar-refractivity contribution in [2.24, 2.45) is 0 Å². The first-order valence-corrected chi connectivity index (χ1v) is 7.75. The Morgan fingerprint density at radius 1 is 1.47 bits per heavy atom. The van der Waals surface area contributed by atoms with Gasteiger partial charge in [0.15, 0.2) is 8.68 Å². The molecule has 19 heavy (non-hydrogen) atoms. The molecule has 8 heteroatoms. The molecule has 2 rings (SSSR count). The van der Waals surface area contributed by atoms with Crippen molar-refractivity contribution in [3.8, 4) is 6.07 Å². The number of nitrogens with zero attached hydrogens (tertiary/aromatic N) is 2.